The Kier molecular flexibility index (Phi) is 3.80. The second kappa shape index (κ2) is 5.73. The number of hydrogen-bond donors (Lipinski definition) is 1. The molecule has 1 aromatic heterocycles. The molecule has 1 aliphatic heterocycles. The van der Waals surface area contributed by atoms with Crippen LogP contribution in [-0.2, 0) is 11.2 Å². The van der Waals surface area contributed by atoms with Gasteiger partial charge in [0.05, 0.1) is 18.6 Å². The number of hydrogen-bond acceptors (Lipinski definition) is 5. The second-order valence-corrected chi connectivity index (χ2v) is 5.25. The van der Waals surface area contributed by atoms with Crippen molar-refractivity contribution in [1.29, 1.82) is 0 Å². The van der Waals surface area contributed by atoms with Gasteiger partial charge in [-0.25, -0.2) is 0 Å². The van der Waals surface area contributed by atoms with Gasteiger partial charge in [-0.3, -0.25) is 0 Å². The number of aliphatic hydroxyl groups excluding tert-OH is 1. The summed E-state index contributed by atoms with van der Waals surface area (Å²) in [5.74, 6) is 0.906. The topological polar surface area (TPSA) is 68.4 Å². The maximum Gasteiger partial charge on any atom is 0.234 e. The van der Waals surface area contributed by atoms with Crippen LogP contribution in [-0.4, -0.2) is 34.6 Å². The first-order chi connectivity index (χ1) is 9.72. The summed E-state index contributed by atoms with van der Waals surface area (Å²) in [6, 6.07) is 8.25. The third kappa shape index (κ3) is 2.89. The Morgan fingerprint density at radius 1 is 1.30 bits per heavy atom. The molecule has 5 heteroatoms. The largest absolute Gasteiger partial charge is 0.392 e. The van der Waals surface area contributed by atoms with Crippen LogP contribution < -0.4 is 0 Å². The number of ether oxygens (including phenoxy) is 1. The van der Waals surface area contributed by atoms with Gasteiger partial charge in [-0.15, -0.1) is 0 Å². The fourth-order valence-electron chi connectivity index (χ4n) is 2.34. The Morgan fingerprint density at radius 2 is 2.10 bits per heavy atom. The molecule has 5 nitrogen and oxygen atoms in total. The molecule has 1 aliphatic rings. The number of benzene rings is 1. The summed E-state index contributed by atoms with van der Waals surface area (Å²) in [5, 5.41) is 13.9. The minimum Gasteiger partial charge on any atom is -0.392 e. The summed E-state index contributed by atoms with van der Waals surface area (Å²) < 4.78 is 10.6. The first kappa shape index (κ1) is 13.3. The lowest BCUT2D eigenvalue weighted by atomic mass is 9.99. The van der Waals surface area contributed by atoms with Gasteiger partial charge in [-0.1, -0.05) is 35.0 Å². The van der Waals surface area contributed by atoms with Crippen LogP contribution in [0.3, 0.4) is 0 Å². The minimum absolute atomic E-state index is 0.206. The van der Waals surface area contributed by atoms with Crippen molar-refractivity contribution >= 4 is 0 Å². The summed E-state index contributed by atoms with van der Waals surface area (Å²) >= 11 is 0. The lowest BCUT2D eigenvalue weighted by Gasteiger charge is -2.24. The molecule has 3 rings (SSSR count). The van der Waals surface area contributed by atoms with Crippen LogP contribution in [0.4, 0.5) is 0 Å². The predicted octanol–water partition coefficient (Wildman–Crippen LogP) is 1.83. The third-order valence-corrected chi connectivity index (χ3v) is 3.60. The molecule has 2 atom stereocenters. The quantitative estimate of drug-likeness (QED) is 0.924. The van der Waals surface area contributed by atoms with Crippen LogP contribution in [0.2, 0.25) is 0 Å². The molecule has 0 spiro atoms. The van der Waals surface area contributed by atoms with Crippen molar-refractivity contribution in [3.05, 3.63) is 47.1 Å². The molecule has 1 fully saturated rings. The second-order valence-electron chi connectivity index (χ2n) is 5.25. The van der Waals surface area contributed by atoms with Crippen molar-refractivity contribution in [3.8, 4) is 0 Å². The van der Waals surface area contributed by atoms with E-state index in [-0.39, 0.29) is 5.92 Å². The standard InChI is InChI=1S/C15H18N2O3/c1-10-2-4-11(5-3-10)8-14-16-15(20-17-14)12-9-19-7-6-13(12)18/h2-5,12-13,18H,6-9H2,1H3. The van der Waals surface area contributed by atoms with E-state index in [4.69, 9.17) is 9.26 Å². The molecule has 0 bridgehead atoms. The van der Waals surface area contributed by atoms with Gasteiger partial charge >= 0.3 is 0 Å². The highest BCUT2D eigenvalue weighted by atomic mass is 16.5. The van der Waals surface area contributed by atoms with Crippen molar-refractivity contribution in [2.24, 2.45) is 0 Å². The Balaban J connectivity index is 1.71. The highest BCUT2D eigenvalue weighted by Gasteiger charge is 2.30. The number of aliphatic hydroxyl groups is 1. The van der Waals surface area contributed by atoms with Gasteiger partial charge in [0.25, 0.3) is 0 Å². The highest BCUT2D eigenvalue weighted by molar-refractivity contribution is 5.23. The average Bonchev–Trinajstić information content (AvgIpc) is 2.90. The zero-order valence-electron chi connectivity index (χ0n) is 11.5. The molecule has 0 amide bonds. The molecule has 20 heavy (non-hydrogen) atoms. The summed E-state index contributed by atoms with van der Waals surface area (Å²) in [6.45, 7) is 3.08. The van der Waals surface area contributed by atoms with Gasteiger partial charge in [0.2, 0.25) is 5.89 Å². The molecule has 1 saturated heterocycles. The van der Waals surface area contributed by atoms with E-state index < -0.39 is 6.10 Å². The lowest BCUT2D eigenvalue weighted by Crippen LogP contribution is -2.30. The van der Waals surface area contributed by atoms with Gasteiger partial charge in [0, 0.05) is 13.0 Å². The lowest BCUT2D eigenvalue weighted by molar-refractivity contribution is -0.0149. The normalized spacial score (nSPS) is 22.9. The molecular weight excluding hydrogens is 256 g/mol. The maximum absolute atomic E-state index is 9.94. The fourth-order valence-corrected chi connectivity index (χ4v) is 2.34. The minimum atomic E-state index is -0.462. The number of aromatic nitrogens is 2. The van der Waals surface area contributed by atoms with Gasteiger partial charge in [0.15, 0.2) is 5.82 Å². The van der Waals surface area contributed by atoms with Crippen LogP contribution in [0.15, 0.2) is 28.8 Å². The van der Waals surface area contributed by atoms with Gasteiger partial charge < -0.3 is 14.4 Å². The van der Waals surface area contributed by atoms with Gasteiger partial charge in [-0.05, 0) is 18.9 Å². The number of rotatable bonds is 3. The van der Waals surface area contributed by atoms with E-state index >= 15 is 0 Å². The third-order valence-electron chi connectivity index (χ3n) is 3.60. The molecule has 0 aliphatic carbocycles. The Bertz CT molecular complexity index is 565. The number of nitrogens with zero attached hydrogens (tertiary/aromatic N) is 2. The first-order valence-electron chi connectivity index (χ1n) is 6.86. The van der Waals surface area contributed by atoms with Crippen molar-refractivity contribution in [3.63, 3.8) is 0 Å². The summed E-state index contributed by atoms with van der Waals surface area (Å²) in [4.78, 5) is 4.38. The summed E-state index contributed by atoms with van der Waals surface area (Å²) in [6.07, 6.45) is 0.782. The van der Waals surface area contributed by atoms with Crippen molar-refractivity contribution < 1.29 is 14.4 Å². The van der Waals surface area contributed by atoms with E-state index in [2.05, 4.69) is 41.3 Å². The SMILES string of the molecule is Cc1ccc(Cc2noc(C3COCCC3O)n2)cc1. The molecule has 2 aromatic rings. The molecule has 2 unspecified atom stereocenters. The van der Waals surface area contributed by atoms with Crippen LogP contribution in [0.1, 0.15) is 35.2 Å². The molecule has 2 heterocycles. The Labute approximate surface area is 117 Å². The van der Waals surface area contributed by atoms with Crippen LogP contribution in [0.25, 0.3) is 0 Å². The van der Waals surface area contributed by atoms with E-state index in [0.29, 0.717) is 37.8 Å². The zero-order valence-corrected chi connectivity index (χ0v) is 11.5. The van der Waals surface area contributed by atoms with E-state index in [1.165, 1.54) is 5.56 Å². The molecule has 0 saturated carbocycles. The molecule has 1 N–H and O–H groups in total. The van der Waals surface area contributed by atoms with Crippen LogP contribution >= 0.6 is 0 Å². The summed E-state index contributed by atoms with van der Waals surface area (Å²) in [7, 11) is 0. The van der Waals surface area contributed by atoms with Crippen LogP contribution in [0, 0.1) is 6.92 Å². The Hall–Kier alpha value is -1.72. The number of aryl methyl sites for hydroxylation is 1. The van der Waals surface area contributed by atoms with Crippen LogP contribution in [0.5, 0.6) is 0 Å². The van der Waals surface area contributed by atoms with E-state index in [9.17, 15) is 5.11 Å². The van der Waals surface area contributed by atoms with Crippen molar-refractivity contribution in [2.75, 3.05) is 13.2 Å². The van der Waals surface area contributed by atoms with Gasteiger partial charge in [-0.2, -0.15) is 4.98 Å². The smallest absolute Gasteiger partial charge is 0.234 e. The zero-order chi connectivity index (χ0) is 13.9. The van der Waals surface area contributed by atoms with Gasteiger partial charge in [0.1, 0.15) is 0 Å². The molecule has 1 aromatic carbocycles. The fraction of sp³-hybridized carbons (Fsp3) is 0.467. The summed E-state index contributed by atoms with van der Waals surface area (Å²) in [5.41, 5.74) is 2.37. The average molecular weight is 274 g/mol. The van der Waals surface area contributed by atoms with E-state index in [0.717, 1.165) is 5.56 Å². The first-order valence-corrected chi connectivity index (χ1v) is 6.86. The van der Waals surface area contributed by atoms with Crippen molar-refractivity contribution in [1.82, 2.24) is 10.1 Å². The van der Waals surface area contributed by atoms with E-state index in [1.807, 2.05) is 0 Å². The van der Waals surface area contributed by atoms with Crippen molar-refractivity contribution in [2.45, 2.75) is 31.8 Å². The Morgan fingerprint density at radius 3 is 2.85 bits per heavy atom. The highest BCUT2D eigenvalue weighted by Crippen LogP contribution is 2.24. The monoisotopic (exact) mass is 274 g/mol. The van der Waals surface area contributed by atoms with E-state index in [1.54, 1.807) is 0 Å². The maximum atomic E-state index is 9.94. The molecule has 0 radical (unpaired) electrons. The molecular formula is C15H18N2O3. The predicted molar refractivity (Wildman–Crippen MR) is 72.5 cm³/mol. The molecule has 106 valence electrons.